The summed E-state index contributed by atoms with van der Waals surface area (Å²) in [4.78, 5) is 21.4. The average molecular weight is 468 g/mol. The van der Waals surface area contributed by atoms with Crippen molar-refractivity contribution in [1.82, 2.24) is 9.88 Å². The number of rotatable bonds is 6. The minimum atomic E-state index is -0.918. The maximum Gasteiger partial charge on any atom is 0.263 e. The Bertz CT molecular complexity index is 1100. The van der Waals surface area contributed by atoms with Crippen molar-refractivity contribution in [2.45, 2.75) is 0 Å². The number of carbonyl (C=O) groups is 1. The molecule has 2 heterocycles. The normalized spacial score (nSPS) is 14.7. The van der Waals surface area contributed by atoms with E-state index in [4.69, 9.17) is 21.1 Å². The predicted octanol–water partition coefficient (Wildman–Crippen LogP) is 4.22. The van der Waals surface area contributed by atoms with Gasteiger partial charge in [-0.05, 0) is 24.3 Å². The molecular formula is C21H20ClF2N3O3S. The molecule has 0 saturated carbocycles. The first kappa shape index (κ1) is 21.9. The number of hydrogen-bond acceptors (Lipinski definition) is 6. The second-order valence-corrected chi connectivity index (χ2v) is 8.34. The van der Waals surface area contributed by atoms with Crippen LogP contribution in [0.1, 0.15) is 10.4 Å². The lowest BCUT2D eigenvalue weighted by Gasteiger charge is -2.29. The number of methoxy groups -OCH3 is 1. The minimum Gasteiger partial charge on any atom is -0.494 e. The molecule has 4 rings (SSSR count). The molecule has 164 valence electrons. The Morgan fingerprint density at radius 3 is 2.77 bits per heavy atom. The van der Waals surface area contributed by atoms with Gasteiger partial charge in [-0.25, -0.2) is 13.8 Å². The van der Waals surface area contributed by atoms with Crippen molar-refractivity contribution in [3.05, 3.63) is 52.6 Å². The molecule has 1 aliphatic rings. The van der Waals surface area contributed by atoms with Gasteiger partial charge in [0.1, 0.15) is 22.9 Å². The van der Waals surface area contributed by atoms with Gasteiger partial charge in [-0.15, -0.1) is 0 Å². The Kier molecular flexibility index (Phi) is 6.66. The summed E-state index contributed by atoms with van der Waals surface area (Å²) in [6.45, 7) is 3.55. The monoisotopic (exact) mass is 467 g/mol. The summed E-state index contributed by atoms with van der Waals surface area (Å²) < 4.78 is 39.2. The maximum atomic E-state index is 14.4. The summed E-state index contributed by atoms with van der Waals surface area (Å²) in [5, 5.41) is 0.844. The van der Waals surface area contributed by atoms with Gasteiger partial charge in [-0.2, -0.15) is 0 Å². The molecule has 0 unspecified atom stereocenters. The lowest BCUT2D eigenvalue weighted by Crippen LogP contribution is -2.43. The maximum absolute atomic E-state index is 14.4. The zero-order valence-electron chi connectivity index (χ0n) is 16.7. The third-order valence-electron chi connectivity index (χ3n) is 5.05. The van der Waals surface area contributed by atoms with Crippen LogP contribution in [0.4, 0.5) is 13.9 Å². The van der Waals surface area contributed by atoms with Crippen molar-refractivity contribution < 1.29 is 23.0 Å². The lowest BCUT2D eigenvalue weighted by molar-refractivity contribution is 0.0391. The Labute approximate surface area is 186 Å². The molecule has 31 heavy (non-hydrogen) atoms. The predicted molar refractivity (Wildman–Crippen MR) is 116 cm³/mol. The van der Waals surface area contributed by atoms with E-state index in [1.807, 2.05) is 0 Å². The number of benzene rings is 2. The molecular weight excluding hydrogens is 448 g/mol. The summed E-state index contributed by atoms with van der Waals surface area (Å²) in [6.07, 6.45) is 0. The van der Waals surface area contributed by atoms with E-state index >= 15 is 0 Å². The number of morpholine rings is 1. The Morgan fingerprint density at radius 1 is 1.29 bits per heavy atom. The fourth-order valence-corrected chi connectivity index (χ4v) is 4.66. The second-order valence-electron chi connectivity index (χ2n) is 6.96. The number of thiazole rings is 1. The zero-order chi connectivity index (χ0) is 22.0. The van der Waals surface area contributed by atoms with Gasteiger partial charge in [0, 0.05) is 32.2 Å². The third-order valence-corrected chi connectivity index (χ3v) is 6.59. The molecule has 0 atom stereocenters. The molecule has 10 heteroatoms. The number of nitrogens with zero attached hydrogens (tertiary/aromatic N) is 3. The van der Waals surface area contributed by atoms with Crippen molar-refractivity contribution in [3.63, 3.8) is 0 Å². The van der Waals surface area contributed by atoms with E-state index in [0.717, 1.165) is 25.2 Å². The van der Waals surface area contributed by atoms with Gasteiger partial charge in [0.15, 0.2) is 5.13 Å². The first-order valence-corrected chi connectivity index (χ1v) is 10.9. The van der Waals surface area contributed by atoms with E-state index < -0.39 is 17.5 Å². The van der Waals surface area contributed by atoms with Crippen LogP contribution in [0.15, 0.2) is 30.3 Å². The van der Waals surface area contributed by atoms with Gasteiger partial charge in [0.2, 0.25) is 0 Å². The van der Waals surface area contributed by atoms with Gasteiger partial charge in [0.25, 0.3) is 5.91 Å². The lowest BCUT2D eigenvalue weighted by atomic mass is 10.2. The Balaban J connectivity index is 1.71. The summed E-state index contributed by atoms with van der Waals surface area (Å²) in [6, 6.07) is 6.31. The number of anilines is 1. The van der Waals surface area contributed by atoms with Crippen LogP contribution in [-0.2, 0) is 4.74 Å². The average Bonchev–Trinajstić information content (AvgIpc) is 3.21. The summed E-state index contributed by atoms with van der Waals surface area (Å²) >= 11 is 7.55. The summed E-state index contributed by atoms with van der Waals surface area (Å²) in [5.74, 6) is -1.74. The topological polar surface area (TPSA) is 54.9 Å². The molecule has 3 aromatic rings. The number of aromatic nitrogens is 1. The first-order valence-electron chi connectivity index (χ1n) is 9.68. The summed E-state index contributed by atoms with van der Waals surface area (Å²) in [5.41, 5.74) is 0.305. The van der Waals surface area contributed by atoms with E-state index in [2.05, 4.69) is 9.88 Å². The third kappa shape index (κ3) is 4.64. The molecule has 0 N–H and O–H groups in total. The molecule has 0 spiro atoms. The standard InChI is InChI=1S/C21H20ClF2N3O3S/c1-29-17-5-4-15(22)19-18(17)25-21(31-19)27(7-6-26-8-10-30-11-9-26)20(28)14-3-2-13(23)12-16(14)24/h2-5,12H,6-11H2,1H3. The van der Waals surface area contributed by atoms with Crippen LogP contribution in [0, 0.1) is 11.6 Å². The SMILES string of the molecule is COc1ccc(Cl)c2sc(N(CCN3CCOCC3)C(=O)c3ccc(F)cc3F)nc12. The number of hydrogen-bond donors (Lipinski definition) is 0. The van der Waals surface area contributed by atoms with Gasteiger partial charge >= 0.3 is 0 Å². The number of fused-ring (bicyclic) bond motifs is 1. The Hall–Kier alpha value is -2.33. The van der Waals surface area contributed by atoms with Crippen LogP contribution in [0.3, 0.4) is 0 Å². The van der Waals surface area contributed by atoms with Gasteiger partial charge < -0.3 is 9.47 Å². The van der Waals surface area contributed by atoms with Crippen LogP contribution in [0.2, 0.25) is 5.02 Å². The molecule has 6 nitrogen and oxygen atoms in total. The minimum absolute atomic E-state index is 0.222. The van der Waals surface area contributed by atoms with E-state index in [1.165, 1.54) is 23.3 Å². The van der Waals surface area contributed by atoms with Crippen LogP contribution in [0.25, 0.3) is 10.2 Å². The van der Waals surface area contributed by atoms with Crippen molar-refractivity contribution >= 4 is 44.2 Å². The smallest absolute Gasteiger partial charge is 0.263 e. The van der Waals surface area contributed by atoms with Crippen molar-refractivity contribution in [2.75, 3.05) is 51.4 Å². The van der Waals surface area contributed by atoms with Crippen LogP contribution in [-0.4, -0.2) is 62.3 Å². The van der Waals surface area contributed by atoms with E-state index in [0.29, 0.717) is 51.9 Å². The number of carbonyl (C=O) groups excluding carboxylic acids is 1. The number of ether oxygens (including phenoxy) is 2. The van der Waals surface area contributed by atoms with Crippen LogP contribution in [0.5, 0.6) is 5.75 Å². The van der Waals surface area contributed by atoms with E-state index in [-0.39, 0.29) is 12.1 Å². The first-order chi connectivity index (χ1) is 15.0. The fraction of sp³-hybridized carbons (Fsp3) is 0.333. The van der Waals surface area contributed by atoms with Crippen molar-refractivity contribution in [3.8, 4) is 5.75 Å². The zero-order valence-corrected chi connectivity index (χ0v) is 18.3. The number of halogens is 3. The molecule has 0 aliphatic carbocycles. The molecule has 0 radical (unpaired) electrons. The molecule has 1 saturated heterocycles. The van der Waals surface area contributed by atoms with Crippen molar-refractivity contribution in [1.29, 1.82) is 0 Å². The molecule has 1 aromatic heterocycles. The fourth-order valence-electron chi connectivity index (χ4n) is 3.38. The second kappa shape index (κ2) is 9.44. The largest absolute Gasteiger partial charge is 0.494 e. The Morgan fingerprint density at radius 2 is 2.06 bits per heavy atom. The van der Waals surface area contributed by atoms with Gasteiger partial charge in [-0.1, -0.05) is 22.9 Å². The molecule has 1 fully saturated rings. The highest BCUT2D eigenvalue weighted by molar-refractivity contribution is 7.23. The molecule has 1 aliphatic heterocycles. The number of amides is 1. The summed E-state index contributed by atoms with van der Waals surface area (Å²) in [7, 11) is 1.52. The quantitative estimate of drug-likeness (QED) is 0.543. The van der Waals surface area contributed by atoms with Crippen LogP contribution < -0.4 is 9.64 Å². The van der Waals surface area contributed by atoms with E-state index in [1.54, 1.807) is 12.1 Å². The highest BCUT2D eigenvalue weighted by Crippen LogP contribution is 2.39. The van der Waals surface area contributed by atoms with Crippen molar-refractivity contribution in [2.24, 2.45) is 0 Å². The highest BCUT2D eigenvalue weighted by Gasteiger charge is 2.26. The molecule has 1 amide bonds. The van der Waals surface area contributed by atoms with Gasteiger partial charge in [0.05, 0.1) is 35.6 Å². The van der Waals surface area contributed by atoms with Gasteiger partial charge in [-0.3, -0.25) is 14.6 Å². The highest BCUT2D eigenvalue weighted by atomic mass is 35.5. The molecule has 0 bridgehead atoms. The van der Waals surface area contributed by atoms with E-state index in [9.17, 15) is 13.6 Å². The molecule has 2 aromatic carbocycles. The van der Waals surface area contributed by atoms with Crippen LogP contribution >= 0.6 is 22.9 Å².